The number of amides is 2. The fourth-order valence-corrected chi connectivity index (χ4v) is 3.49. The van der Waals surface area contributed by atoms with Crippen LogP contribution in [0.5, 0.6) is 5.75 Å². The van der Waals surface area contributed by atoms with Crippen molar-refractivity contribution in [2.24, 2.45) is 5.92 Å². The summed E-state index contributed by atoms with van der Waals surface area (Å²) in [5.41, 5.74) is 0. The first kappa shape index (κ1) is 14.8. The van der Waals surface area contributed by atoms with Crippen molar-refractivity contribution in [3.8, 4) is 5.75 Å². The molecule has 1 aliphatic carbocycles. The topological polar surface area (TPSA) is 49.9 Å². The second-order valence-corrected chi connectivity index (χ2v) is 7.00. The molecule has 6 heteroatoms. The van der Waals surface area contributed by atoms with Crippen molar-refractivity contribution in [3.05, 3.63) is 29.3 Å². The molecule has 0 aromatic heterocycles. The minimum absolute atomic E-state index is 0.0181. The number of para-hydroxylation sites is 1. The summed E-state index contributed by atoms with van der Waals surface area (Å²) >= 11 is 6.07. The molecule has 2 heterocycles. The number of nitrogens with zero attached hydrogens (tertiary/aromatic N) is 2. The van der Waals surface area contributed by atoms with Crippen molar-refractivity contribution in [1.29, 1.82) is 0 Å². The van der Waals surface area contributed by atoms with Crippen LogP contribution < -0.4 is 4.74 Å². The number of rotatable bonds is 4. The number of halogens is 1. The molecule has 122 valence electrons. The van der Waals surface area contributed by atoms with Crippen molar-refractivity contribution < 1.29 is 14.3 Å². The highest BCUT2D eigenvalue weighted by atomic mass is 35.5. The average Bonchev–Trinajstić information content (AvgIpc) is 3.26. The van der Waals surface area contributed by atoms with E-state index in [9.17, 15) is 9.59 Å². The SMILES string of the molecule is O=C([C@@H]1CC(=O)N(C2CC2)C1)N1CC(Oc2ccccc2Cl)C1. The zero-order chi connectivity index (χ0) is 16.0. The van der Waals surface area contributed by atoms with Gasteiger partial charge in [-0.05, 0) is 25.0 Å². The van der Waals surface area contributed by atoms with Gasteiger partial charge in [-0.1, -0.05) is 23.7 Å². The van der Waals surface area contributed by atoms with Crippen molar-refractivity contribution in [3.63, 3.8) is 0 Å². The van der Waals surface area contributed by atoms with Gasteiger partial charge < -0.3 is 14.5 Å². The Morgan fingerprint density at radius 1 is 1.17 bits per heavy atom. The van der Waals surface area contributed by atoms with E-state index >= 15 is 0 Å². The van der Waals surface area contributed by atoms with E-state index in [0.717, 1.165) is 12.8 Å². The number of hydrogen-bond donors (Lipinski definition) is 0. The summed E-state index contributed by atoms with van der Waals surface area (Å²) < 4.78 is 5.81. The monoisotopic (exact) mass is 334 g/mol. The van der Waals surface area contributed by atoms with Crippen LogP contribution in [0.2, 0.25) is 5.02 Å². The molecule has 3 aliphatic rings. The van der Waals surface area contributed by atoms with Crippen molar-refractivity contribution in [2.45, 2.75) is 31.4 Å². The molecule has 2 aliphatic heterocycles. The molecule has 1 aromatic rings. The molecule has 1 aromatic carbocycles. The Kier molecular flexibility index (Phi) is 3.68. The Morgan fingerprint density at radius 3 is 2.61 bits per heavy atom. The molecule has 23 heavy (non-hydrogen) atoms. The summed E-state index contributed by atoms with van der Waals surface area (Å²) in [6.45, 7) is 1.73. The van der Waals surface area contributed by atoms with Gasteiger partial charge in [0.2, 0.25) is 11.8 Å². The molecule has 1 atom stereocenters. The first-order valence-electron chi connectivity index (χ1n) is 8.11. The molecular formula is C17H19ClN2O3. The van der Waals surface area contributed by atoms with Crippen molar-refractivity contribution in [1.82, 2.24) is 9.80 Å². The van der Waals surface area contributed by atoms with Crippen LogP contribution in [0.15, 0.2) is 24.3 Å². The molecule has 0 radical (unpaired) electrons. The molecule has 5 nitrogen and oxygen atoms in total. The average molecular weight is 335 g/mol. The summed E-state index contributed by atoms with van der Waals surface area (Å²) in [5, 5.41) is 0.582. The van der Waals surface area contributed by atoms with E-state index < -0.39 is 0 Å². The Balaban J connectivity index is 1.29. The Hall–Kier alpha value is -1.75. The van der Waals surface area contributed by atoms with Crippen LogP contribution in [0.25, 0.3) is 0 Å². The zero-order valence-electron chi connectivity index (χ0n) is 12.8. The predicted octanol–water partition coefficient (Wildman–Crippen LogP) is 1.94. The number of hydrogen-bond acceptors (Lipinski definition) is 3. The van der Waals surface area contributed by atoms with E-state index in [1.165, 1.54) is 0 Å². The standard InChI is InChI=1S/C17H19ClN2O3/c18-14-3-1-2-4-15(14)23-13-9-19(10-13)17(22)11-7-16(21)20(8-11)12-5-6-12/h1-4,11-13H,5-10H2/t11-/m1/s1. The summed E-state index contributed by atoms with van der Waals surface area (Å²) in [4.78, 5) is 28.1. The highest BCUT2D eigenvalue weighted by Gasteiger charge is 2.45. The third kappa shape index (κ3) is 2.90. The van der Waals surface area contributed by atoms with Crippen LogP contribution in [0.1, 0.15) is 19.3 Å². The van der Waals surface area contributed by atoms with Gasteiger partial charge >= 0.3 is 0 Å². The van der Waals surface area contributed by atoms with Gasteiger partial charge in [-0.15, -0.1) is 0 Å². The number of carbonyl (C=O) groups is 2. The normalized spacial score (nSPS) is 24.7. The van der Waals surface area contributed by atoms with Crippen molar-refractivity contribution in [2.75, 3.05) is 19.6 Å². The smallest absolute Gasteiger partial charge is 0.228 e. The largest absolute Gasteiger partial charge is 0.485 e. The molecule has 1 saturated carbocycles. The Morgan fingerprint density at radius 2 is 1.91 bits per heavy atom. The second kappa shape index (κ2) is 5.71. The highest BCUT2D eigenvalue weighted by molar-refractivity contribution is 6.32. The van der Waals surface area contributed by atoms with Crippen LogP contribution >= 0.6 is 11.6 Å². The number of likely N-dealkylation sites (tertiary alicyclic amines) is 2. The number of ether oxygens (including phenoxy) is 1. The summed E-state index contributed by atoms with van der Waals surface area (Å²) in [5.74, 6) is 0.697. The van der Waals surface area contributed by atoms with E-state index in [4.69, 9.17) is 16.3 Å². The maximum atomic E-state index is 12.5. The molecule has 3 fully saturated rings. The lowest BCUT2D eigenvalue weighted by atomic mass is 10.0. The fraction of sp³-hybridized carbons (Fsp3) is 0.529. The predicted molar refractivity (Wildman–Crippen MR) is 85.3 cm³/mol. The minimum Gasteiger partial charge on any atom is -0.485 e. The molecule has 0 N–H and O–H groups in total. The van der Waals surface area contributed by atoms with E-state index in [0.29, 0.717) is 42.9 Å². The summed E-state index contributed by atoms with van der Waals surface area (Å²) in [6.07, 6.45) is 2.52. The highest BCUT2D eigenvalue weighted by Crippen LogP contribution is 2.34. The third-order valence-electron chi connectivity index (χ3n) is 4.79. The fourth-order valence-electron chi connectivity index (χ4n) is 3.31. The van der Waals surface area contributed by atoms with Crippen LogP contribution in [-0.2, 0) is 9.59 Å². The van der Waals surface area contributed by atoms with Gasteiger partial charge in [0.05, 0.1) is 24.0 Å². The van der Waals surface area contributed by atoms with Gasteiger partial charge in [-0.3, -0.25) is 9.59 Å². The molecule has 4 rings (SSSR count). The quantitative estimate of drug-likeness (QED) is 0.845. The summed E-state index contributed by atoms with van der Waals surface area (Å²) in [7, 11) is 0. The molecule has 2 saturated heterocycles. The van der Waals surface area contributed by atoms with Gasteiger partial charge in [0, 0.05) is 19.0 Å². The van der Waals surface area contributed by atoms with Crippen LogP contribution in [0, 0.1) is 5.92 Å². The maximum absolute atomic E-state index is 12.5. The van der Waals surface area contributed by atoms with Crippen LogP contribution in [-0.4, -0.2) is 53.4 Å². The van der Waals surface area contributed by atoms with E-state index in [2.05, 4.69) is 0 Å². The van der Waals surface area contributed by atoms with Crippen LogP contribution in [0.4, 0.5) is 0 Å². The lowest BCUT2D eigenvalue weighted by Crippen LogP contribution is -2.57. The molecule has 0 unspecified atom stereocenters. The van der Waals surface area contributed by atoms with Gasteiger partial charge in [-0.25, -0.2) is 0 Å². The van der Waals surface area contributed by atoms with Gasteiger partial charge in [-0.2, -0.15) is 0 Å². The molecular weight excluding hydrogens is 316 g/mol. The van der Waals surface area contributed by atoms with E-state index in [1.807, 2.05) is 23.1 Å². The molecule has 0 spiro atoms. The maximum Gasteiger partial charge on any atom is 0.228 e. The van der Waals surface area contributed by atoms with Gasteiger partial charge in [0.25, 0.3) is 0 Å². The first-order valence-corrected chi connectivity index (χ1v) is 8.49. The Labute approximate surface area is 140 Å². The lowest BCUT2D eigenvalue weighted by Gasteiger charge is -2.40. The van der Waals surface area contributed by atoms with E-state index in [1.54, 1.807) is 11.0 Å². The van der Waals surface area contributed by atoms with Crippen LogP contribution in [0.3, 0.4) is 0 Å². The van der Waals surface area contributed by atoms with Gasteiger partial charge in [0.1, 0.15) is 11.9 Å². The third-order valence-corrected chi connectivity index (χ3v) is 5.10. The summed E-state index contributed by atoms with van der Waals surface area (Å²) in [6, 6.07) is 7.74. The zero-order valence-corrected chi connectivity index (χ0v) is 13.5. The second-order valence-electron chi connectivity index (χ2n) is 6.59. The first-order chi connectivity index (χ1) is 11.1. The Bertz CT molecular complexity index is 640. The lowest BCUT2D eigenvalue weighted by molar-refractivity contribution is -0.144. The van der Waals surface area contributed by atoms with Crippen molar-refractivity contribution >= 4 is 23.4 Å². The number of benzene rings is 1. The molecule has 2 amide bonds. The molecule has 0 bridgehead atoms. The number of carbonyl (C=O) groups excluding carboxylic acids is 2. The minimum atomic E-state index is -0.177. The van der Waals surface area contributed by atoms with Gasteiger partial charge in [0.15, 0.2) is 0 Å². The van der Waals surface area contributed by atoms with E-state index in [-0.39, 0.29) is 23.8 Å².